The van der Waals surface area contributed by atoms with Crippen molar-refractivity contribution >= 4 is 22.9 Å². The zero-order chi connectivity index (χ0) is 23.4. The lowest BCUT2D eigenvalue weighted by Crippen LogP contribution is -2.38. The molecule has 1 atom stereocenters. The Morgan fingerprint density at radius 3 is 2.73 bits per heavy atom. The van der Waals surface area contributed by atoms with Crippen LogP contribution in [0.5, 0.6) is 11.5 Å². The Bertz CT molecular complexity index is 1140. The summed E-state index contributed by atoms with van der Waals surface area (Å²) in [4.78, 5) is 25.1. The summed E-state index contributed by atoms with van der Waals surface area (Å²) in [6.07, 6.45) is 1.45. The minimum absolute atomic E-state index is 0.0816. The summed E-state index contributed by atoms with van der Waals surface area (Å²) in [6.45, 7) is 3.76. The van der Waals surface area contributed by atoms with E-state index in [9.17, 15) is 19.8 Å². The van der Waals surface area contributed by atoms with Gasteiger partial charge in [-0.1, -0.05) is 5.16 Å². The van der Waals surface area contributed by atoms with Crippen LogP contribution in [0.15, 0.2) is 40.9 Å². The SMILES string of the molecule is CCOC(=O)c1ccc(OCc2noc3c(CN4CCC[C@H](C(=O)O)C4)c(O)ccc23)cc1. The van der Waals surface area contributed by atoms with E-state index in [-0.39, 0.29) is 18.3 Å². The maximum atomic E-state index is 11.8. The van der Waals surface area contributed by atoms with Crippen molar-refractivity contribution in [3.63, 3.8) is 0 Å². The van der Waals surface area contributed by atoms with E-state index in [1.54, 1.807) is 43.3 Å². The molecule has 0 spiro atoms. The van der Waals surface area contributed by atoms with Crippen LogP contribution in [0.1, 0.15) is 41.4 Å². The molecule has 9 nitrogen and oxygen atoms in total. The van der Waals surface area contributed by atoms with Gasteiger partial charge in [0.2, 0.25) is 0 Å². The number of carbonyl (C=O) groups is 2. The van der Waals surface area contributed by atoms with Crippen LogP contribution in [0.3, 0.4) is 0 Å². The summed E-state index contributed by atoms with van der Waals surface area (Å²) < 4.78 is 16.3. The Hall–Kier alpha value is -3.59. The second-order valence-electron chi connectivity index (χ2n) is 8.02. The number of nitrogens with zero attached hydrogens (tertiary/aromatic N) is 2. The maximum absolute atomic E-state index is 11.8. The number of rotatable bonds is 8. The van der Waals surface area contributed by atoms with Crippen molar-refractivity contribution in [3.8, 4) is 11.5 Å². The molecular weight excluding hydrogens is 428 g/mol. The van der Waals surface area contributed by atoms with Gasteiger partial charge in [-0.05, 0) is 62.7 Å². The van der Waals surface area contributed by atoms with Crippen molar-refractivity contribution in [2.45, 2.75) is 32.9 Å². The Labute approximate surface area is 190 Å². The fourth-order valence-electron chi connectivity index (χ4n) is 4.03. The first-order valence-electron chi connectivity index (χ1n) is 10.9. The standard InChI is InChI=1S/C24H26N2O7/c1-2-31-24(30)15-5-7-17(8-6-15)32-14-20-18-9-10-21(27)19(22(18)33-25-20)13-26-11-3-4-16(12-26)23(28)29/h5-10,16,27H,2-4,11-14H2,1H3,(H,28,29)/t16-/m0/s1. The van der Waals surface area contributed by atoms with Crippen molar-refractivity contribution < 1.29 is 33.8 Å². The van der Waals surface area contributed by atoms with E-state index in [0.717, 1.165) is 18.4 Å². The zero-order valence-electron chi connectivity index (χ0n) is 18.3. The van der Waals surface area contributed by atoms with Gasteiger partial charge < -0.3 is 24.2 Å². The van der Waals surface area contributed by atoms with Crippen molar-refractivity contribution in [2.24, 2.45) is 5.92 Å². The molecule has 33 heavy (non-hydrogen) atoms. The van der Waals surface area contributed by atoms with Crippen molar-refractivity contribution in [2.75, 3.05) is 19.7 Å². The molecule has 0 amide bonds. The largest absolute Gasteiger partial charge is 0.507 e. The molecule has 0 aliphatic carbocycles. The van der Waals surface area contributed by atoms with E-state index in [1.165, 1.54) is 0 Å². The van der Waals surface area contributed by atoms with E-state index >= 15 is 0 Å². The molecule has 0 radical (unpaired) electrons. The average molecular weight is 454 g/mol. The summed E-state index contributed by atoms with van der Waals surface area (Å²) >= 11 is 0. The molecule has 9 heteroatoms. The van der Waals surface area contributed by atoms with Crippen LogP contribution in [0.25, 0.3) is 11.0 Å². The second-order valence-corrected chi connectivity index (χ2v) is 8.02. The number of carboxylic acids is 1. The molecule has 1 aliphatic heterocycles. The van der Waals surface area contributed by atoms with Gasteiger partial charge in [-0.15, -0.1) is 0 Å². The molecule has 0 bridgehead atoms. The number of esters is 1. The number of likely N-dealkylation sites (tertiary alicyclic amines) is 1. The molecule has 2 aromatic carbocycles. The van der Waals surface area contributed by atoms with Gasteiger partial charge in [-0.2, -0.15) is 0 Å². The number of carboxylic acid groups (broad SMARTS) is 1. The minimum Gasteiger partial charge on any atom is -0.507 e. The lowest BCUT2D eigenvalue weighted by atomic mass is 9.97. The maximum Gasteiger partial charge on any atom is 0.338 e. The van der Waals surface area contributed by atoms with E-state index in [1.807, 2.05) is 4.90 Å². The lowest BCUT2D eigenvalue weighted by molar-refractivity contribution is -0.143. The smallest absolute Gasteiger partial charge is 0.338 e. The van der Waals surface area contributed by atoms with Crippen LogP contribution in [0.4, 0.5) is 0 Å². The summed E-state index contributed by atoms with van der Waals surface area (Å²) in [5.41, 5.74) is 2.06. The molecule has 174 valence electrons. The minimum atomic E-state index is -0.795. The number of hydrogen-bond acceptors (Lipinski definition) is 8. The van der Waals surface area contributed by atoms with Crippen LogP contribution in [-0.2, 0) is 22.7 Å². The highest BCUT2D eigenvalue weighted by Gasteiger charge is 2.27. The predicted molar refractivity (Wildman–Crippen MR) is 118 cm³/mol. The number of phenols is 1. The fraction of sp³-hybridized carbons (Fsp3) is 0.375. The van der Waals surface area contributed by atoms with E-state index in [0.29, 0.717) is 54.3 Å². The number of aromatic nitrogens is 1. The highest BCUT2D eigenvalue weighted by Crippen LogP contribution is 2.32. The third kappa shape index (κ3) is 5.09. The van der Waals surface area contributed by atoms with Crippen LogP contribution < -0.4 is 4.74 Å². The van der Waals surface area contributed by atoms with Crippen molar-refractivity contribution in [3.05, 3.63) is 53.2 Å². The number of benzene rings is 2. The van der Waals surface area contributed by atoms with Gasteiger partial charge in [0.15, 0.2) is 5.58 Å². The molecule has 2 heterocycles. The summed E-state index contributed by atoms with van der Waals surface area (Å²) in [7, 11) is 0. The van der Waals surface area contributed by atoms with E-state index < -0.39 is 11.9 Å². The number of hydrogen-bond donors (Lipinski definition) is 2. The Balaban J connectivity index is 1.47. The summed E-state index contributed by atoms with van der Waals surface area (Å²) in [5, 5.41) is 24.6. The van der Waals surface area contributed by atoms with Gasteiger partial charge in [-0.25, -0.2) is 4.79 Å². The molecule has 1 aliphatic rings. The Kier molecular flexibility index (Phi) is 6.79. The third-order valence-electron chi connectivity index (χ3n) is 5.77. The average Bonchev–Trinajstić information content (AvgIpc) is 3.23. The van der Waals surface area contributed by atoms with Crippen LogP contribution in [0, 0.1) is 5.92 Å². The van der Waals surface area contributed by atoms with Crippen LogP contribution in [-0.4, -0.2) is 51.9 Å². The molecule has 1 fully saturated rings. The summed E-state index contributed by atoms with van der Waals surface area (Å²) in [6, 6.07) is 9.94. The number of ether oxygens (including phenoxy) is 2. The van der Waals surface area contributed by atoms with Crippen molar-refractivity contribution in [1.82, 2.24) is 10.1 Å². The molecule has 3 aromatic rings. The van der Waals surface area contributed by atoms with Crippen LogP contribution >= 0.6 is 0 Å². The molecule has 4 rings (SSSR count). The number of aliphatic carboxylic acids is 1. The van der Waals surface area contributed by atoms with E-state index in [2.05, 4.69) is 5.16 Å². The lowest BCUT2D eigenvalue weighted by Gasteiger charge is -2.30. The van der Waals surface area contributed by atoms with Gasteiger partial charge in [-0.3, -0.25) is 9.69 Å². The first-order chi connectivity index (χ1) is 16.0. The number of fused-ring (bicyclic) bond motifs is 1. The third-order valence-corrected chi connectivity index (χ3v) is 5.77. The molecule has 0 saturated carbocycles. The van der Waals surface area contributed by atoms with E-state index in [4.69, 9.17) is 14.0 Å². The van der Waals surface area contributed by atoms with Crippen LogP contribution in [0.2, 0.25) is 0 Å². The topological polar surface area (TPSA) is 122 Å². The molecule has 0 unspecified atom stereocenters. The normalized spacial score (nSPS) is 16.6. The Morgan fingerprint density at radius 1 is 1.21 bits per heavy atom. The number of piperidine rings is 1. The highest BCUT2D eigenvalue weighted by molar-refractivity contribution is 5.89. The fourth-order valence-corrected chi connectivity index (χ4v) is 4.03. The number of carbonyl (C=O) groups excluding carboxylic acids is 1. The Morgan fingerprint density at radius 2 is 2.00 bits per heavy atom. The predicted octanol–water partition coefficient (Wildman–Crippen LogP) is 3.59. The second kappa shape index (κ2) is 9.91. The monoisotopic (exact) mass is 454 g/mol. The number of phenolic OH excluding ortho intramolecular Hbond substituents is 1. The first-order valence-corrected chi connectivity index (χ1v) is 10.9. The van der Waals surface area contributed by atoms with Gasteiger partial charge in [0.25, 0.3) is 0 Å². The first kappa shape index (κ1) is 22.6. The van der Waals surface area contributed by atoms with Gasteiger partial charge in [0, 0.05) is 18.5 Å². The molecule has 2 N–H and O–H groups in total. The molecular formula is C24H26N2O7. The van der Waals surface area contributed by atoms with Gasteiger partial charge in [0.1, 0.15) is 23.8 Å². The number of aromatic hydroxyl groups is 1. The summed E-state index contributed by atoms with van der Waals surface area (Å²) in [5.74, 6) is -0.947. The molecule has 1 saturated heterocycles. The van der Waals surface area contributed by atoms with Gasteiger partial charge >= 0.3 is 11.9 Å². The highest BCUT2D eigenvalue weighted by atomic mass is 16.5. The molecule has 1 aromatic heterocycles. The zero-order valence-corrected chi connectivity index (χ0v) is 18.3. The van der Waals surface area contributed by atoms with Crippen molar-refractivity contribution in [1.29, 1.82) is 0 Å². The van der Waals surface area contributed by atoms with Gasteiger partial charge in [0.05, 0.1) is 23.7 Å². The quantitative estimate of drug-likeness (QED) is 0.492.